The third-order valence-electron chi connectivity index (χ3n) is 2.27. The molecule has 72 valence electrons. The fourth-order valence-corrected chi connectivity index (χ4v) is 1.82. The summed E-state index contributed by atoms with van der Waals surface area (Å²) < 4.78 is 0.845. The van der Waals surface area contributed by atoms with E-state index in [9.17, 15) is 0 Å². The third-order valence-corrected chi connectivity index (χ3v) is 2.93. The Kier molecular flexibility index (Phi) is 2.71. The average Bonchev–Trinajstić information content (AvgIpc) is 2.11. The van der Waals surface area contributed by atoms with Crippen LogP contribution >= 0.6 is 15.9 Å². The van der Waals surface area contributed by atoms with Crippen molar-refractivity contribution in [1.29, 1.82) is 5.26 Å². The number of benzene rings is 1. The third kappa shape index (κ3) is 1.74. The van der Waals surface area contributed by atoms with Gasteiger partial charge in [0.15, 0.2) is 0 Å². The van der Waals surface area contributed by atoms with Crippen LogP contribution in [0.15, 0.2) is 22.7 Å². The van der Waals surface area contributed by atoms with Gasteiger partial charge < -0.3 is 10.6 Å². The van der Waals surface area contributed by atoms with E-state index in [1.54, 1.807) is 0 Å². The summed E-state index contributed by atoms with van der Waals surface area (Å²) in [6.07, 6.45) is 0. The Morgan fingerprint density at radius 1 is 1.50 bits per heavy atom. The first kappa shape index (κ1) is 9.50. The summed E-state index contributed by atoms with van der Waals surface area (Å²) in [6, 6.07) is 8.38. The lowest BCUT2D eigenvalue weighted by Gasteiger charge is -2.29. The van der Waals surface area contributed by atoms with Crippen molar-refractivity contribution in [2.75, 3.05) is 18.4 Å². The second-order valence-electron chi connectivity index (χ2n) is 3.27. The van der Waals surface area contributed by atoms with Crippen LogP contribution in [0.5, 0.6) is 0 Å². The van der Waals surface area contributed by atoms with Gasteiger partial charge in [0.25, 0.3) is 0 Å². The zero-order chi connectivity index (χ0) is 9.97. The van der Waals surface area contributed by atoms with E-state index in [1.807, 2.05) is 18.2 Å². The molecule has 0 atom stereocenters. The highest BCUT2D eigenvalue weighted by atomic mass is 79.9. The number of hydrogen-bond acceptors (Lipinski definition) is 3. The first-order valence-corrected chi connectivity index (χ1v) is 5.26. The Hall–Kier alpha value is -1.05. The van der Waals surface area contributed by atoms with Crippen LogP contribution in [0.1, 0.15) is 5.56 Å². The Bertz CT molecular complexity index is 379. The molecule has 1 saturated heterocycles. The molecule has 1 fully saturated rings. The smallest absolute Gasteiger partial charge is 0.103 e. The zero-order valence-corrected chi connectivity index (χ0v) is 9.13. The van der Waals surface area contributed by atoms with Gasteiger partial charge in [-0.25, -0.2) is 0 Å². The molecule has 2 rings (SSSR count). The van der Waals surface area contributed by atoms with E-state index in [0.717, 1.165) is 23.2 Å². The van der Waals surface area contributed by atoms with Crippen LogP contribution in [0.3, 0.4) is 0 Å². The molecule has 4 heteroatoms. The van der Waals surface area contributed by atoms with Gasteiger partial charge in [0.2, 0.25) is 0 Å². The van der Waals surface area contributed by atoms with Gasteiger partial charge in [-0.15, -0.1) is 0 Å². The average molecular weight is 252 g/mol. The van der Waals surface area contributed by atoms with Gasteiger partial charge in [-0.2, -0.15) is 5.26 Å². The fourth-order valence-electron chi connectivity index (χ4n) is 1.37. The van der Waals surface area contributed by atoms with Crippen LogP contribution in [0.4, 0.5) is 5.69 Å². The number of nitrogens with one attached hydrogen (secondary N) is 2. The van der Waals surface area contributed by atoms with Crippen LogP contribution in [0.2, 0.25) is 0 Å². The van der Waals surface area contributed by atoms with Crippen LogP contribution in [0, 0.1) is 11.3 Å². The fraction of sp³-hybridized carbons (Fsp3) is 0.300. The van der Waals surface area contributed by atoms with Gasteiger partial charge in [0.05, 0.1) is 17.3 Å². The predicted octanol–water partition coefficient (Wildman–Crippen LogP) is 1.70. The molecule has 1 aliphatic rings. The normalized spacial score (nSPS) is 15.7. The molecule has 1 aliphatic heterocycles. The molecule has 0 bridgehead atoms. The van der Waals surface area contributed by atoms with Crippen LogP contribution in [0.25, 0.3) is 0 Å². The van der Waals surface area contributed by atoms with Gasteiger partial charge in [0.1, 0.15) is 6.07 Å². The minimum absolute atomic E-state index is 0.455. The maximum atomic E-state index is 8.97. The van der Waals surface area contributed by atoms with E-state index in [-0.39, 0.29) is 0 Å². The number of nitriles is 1. The van der Waals surface area contributed by atoms with Gasteiger partial charge in [0, 0.05) is 17.6 Å². The number of hydrogen-bond donors (Lipinski definition) is 2. The van der Waals surface area contributed by atoms with Crippen molar-refractivity contribution >= 4 is 21.6 Å². The molecule has 3 nitrogen and oxygen atoms in total. The molecule has 1 aromatic carbocycles. The highest BCUT2D eigenvalue weighted by Gasteiger charge is 2.17. The van der Waals surface area contributed by atoms with E-state index >= 15 is 0 Å². The molecule has 0 aliphatic carbocycles. The van der Waals surface area contributed by atoms with Gasteiger partial charge in [-0.1, -0.05) is 6.07 Å². The maximum absolute atomic E-state index is 8.97. The van der Waals surface area contributed by atoms with Crippen molar-refractivity contribution in [1.82, 2.24) is 5.32 Å². The van der Waals surface area contributed by atoms with Gasteiger partial charge in [-0.05, 0) is 28.1 Å². The van der Waals surface area contributed by atoms with E-state index in [0.29, 0.717) is 11.6 Å². The topological polar surface area (TPSA) is 47.9 Å². The number of rotatable bonds is 2. The van der Waals surface area contributed by atoms with Gasteiger partial charge >= 0.3 is 0 Å². The van der Waals surface area contributed by atoms with Crippen LogP contribution < -0.4 is 10.6 Å². The highest BCUT2D eigenvalue weighted by Crippen LogP contribution is 2.24. The quantitative estimate of drug-likeness (QED) is 0.842. The number of nitrogens with zero attached hydrogens (tertiary/aromatic N) is 1. The lowest BCUT2D eigenvalue weighted by Crippen LogP contribution is -2.51. The van der Waals surface area contributed by atoms with Crippen molar-refractivity contribution < 1.29 is 0 Å². The summed E-state index contributed by atoms with van der Waals surface area (Å²) in [4.78, 5) is 0. The lowest BCUT2D eigenvalue weighted by molar-refractivity contribution is 0.472. The van der Waals surface area contributed by atoms with E-state index in [2.05, 4.69) is 32.6 Å². The van der Waals surface area contributed by atoms with Crippen molar-refractivity contribution in [3.8, 4) is 6.07 Å². The summed E-state index contributed by atoms with van der Waals surface area (Å²) >= 11 is 3.36. The Morgan fingerprint density at radius 3 is 2.86 bits per heavy atom. The molecule has 0 aromatic heterocycles. The van der Waals surface area contributed by atoms with Crippen molar-refractivity contribution in [3.05, 3.63) is 28.2 Å². The van der Waals surface area contributed by atoms with Crippen molar-refractivity contribution in [2.45, 2.75) is 6.04 Å². The molecule has 0 radical (unpaired) electrons. The standard InChI is InChI=1S/C10H10BrN3/c11-9-2-1-3-10(8(9)4-12)14-7-5-13-6-7/h1-3,7,13-14H,5-6H2. The second-order valence-corrected chi connectivity index (χ2v) is 4.13. The SMILES string of the molecule is N#Cc1c(Br)cccc1NC1CNC1. The summed E-state index contributed by atoms with van der Waals surface area (Å²) in [7, 11) is 0. The molecule has 1 aromatic rings. The highest BCUT2D eigenvalue weighted by molar-refractivity contribution is 9.10. The molecule has 1 heterocycles. The minimum atomic E-state index is 0.455. The van der Waals surface area contributed by atoms with Crippen molar-refractivity contribution in [3.63, 3.8) is 0 Å². The lowest BCUT2D eigenvalue weighted by atomic mass is 10.1. The Morgan fingerprint density at radius 2 is 2.29 bits per heavy atom. The largest absolute Gasteiger partial charge is 0.379 e. The Labute approximate surface area is 91.2 Å². The molecule has 0 spiro atoms. The summed E-state index contributed by atoms with van der Waals surface area (Å²) in [5, 5.41) is 15.5. The summed E-state index contributed by atoms with van der Waals surface area (Å²) in [5.41, 5.74) is 1.59. The molecule has 0 saturated carbocycles. The van der Waals surface area contributed by atoms with Crippen molar-refractivity contribution in [2.24, 2.45) is 0 Å². The first-order valence-electron chi connectivity index (χ1n) is 4.47. The maximum Gasteiger partial charge on any atom is 0.103 e. The molecule has 0 amide bonds. The van der Waals surface area contributed by atoms with E-state index in [4.69, 9.17) is 5.26 Å². The zero-order valence-electron chi connectivity index (χ0n) is 7.55. The van der Waals surface area contributed by atoms with Gasteiger partial charge in [-0.3, -0.25) is 0 Å². The second kappa shape index (κ2) is 3.99. The molecule has 14 heavy (non-hydrogen) atoms. The van der Waals surface area contributed by atoms with Crippen LogP contribution in [-0.2, 0) is 0 Å². The first-order chi connectivity index (χ1) is 6.81. The molecular formula is C10H10BrN3. The number of anilines is 1. The number of halogens is 1. The predicted molar refractivity (Wildman–Crippen MR) is 59.1 cm³/mol. The molecular weight excluding hydrogens is 242 g/mol. The monoisotopic (exact) mass is 251 g/mol. The minimum Gasteiger partial charge on any atom is -0.379 e. The van der Waals surface area contributed by atoms with Crippen LogP contribution in [-0.4, -0.2) is 19.1 Å². The Balaban J connectivity index is 2.23. The molecule has 0 unspecified atom stereocenters. The van der Waals surface area contributed by atoms with E-state index < -0.39 is 0 Å². The molecule has 2 N–H and O–H groups in total. The van der Waals surface area contributed by atoms with E-state index in [1.165, 1.54) is 0 Å². The summed E-state index contributed by atoms with van der Waals surface area (Å²) in [6.45, 7) is 1.94. The summed E-state index contributed by atoms with van der Waals surface area (Å²) in [5.74, 6) is 0.